The quantitative estimate of drug-likeness (QED) is 0.238. The second-order valence-electron chi connectivity index (χ2n) is 24.6. The molecule has 85 heavy (non-hydrogen) atoms. The topological polar surface area (TPSA) is 259 Å². The molecule has 0 aromatic heterocycles. The summed E-state index contributed by atoms with van der Waals surface area (Å²) in [5, 5.41) is 19.4. The SMILES string of the molecule is CC(C)C[C@H]1C(=O)N[C@@H](COC(C)(C)C)C(=O)N[C@H](C(=O)N2CCCCC2)CSCC(=O)N(C)[C@@H](Cc2ccccc2)C(=O)N(C)[C@@H](C)C(=O)N(C)[C@@H](Cc2ccccc2)C(=O)N(C)[C@@H](CC(C)C)C(=O)N[C@@H]([C@@H](C)O)C(=O)N(C)CC(=O)N1C.[HH].[HH].[HH]. The van der Waals surface area contributed by atoms with E-state index in [0.29, 0.717) is 18.7 Å². The van der Waals surface area contributed by atoms with Gasteiger partial charge in [-0.2, -0.15) is 0 Å². The maximum Gasteiger partial charge on any atom is 0.248 e. The van der Waals surface area contributed by atoms with Crippen LogP contribution in [-0.2, 0) is 65.5 Å². The molecule has 2 aromatic rings. The van der Waals surface area contributed by atoms with Crippen LogP contribution in [0.1, 0.15) is 110 Å². The Morgan fingerprint density at radius 1 is 0.612 bits per heavy atom. The lowest BCUT2D eigenvalue weighted by Crippen LogP contribution is -2.61. The molecule has 23 heteroatoms. The van der Waals surface area contributed by atoms with Crippen LogP contribution in [0.4, 0.5) is 0 Å². The van der Waals surface area contributed by atoms with Crippen LogP contribution in [0.25, 0.3) is 0 Å². The number of nitrogens with one attached hydrogen (secondary N) is 3. The van der Waals surface area contributed by atoms with Crippen LogP contribution in [0.5, 0.6) is 0 Å². The third kappa shape index (κ3) is 20.8. The summed E-state index contributed by atoms with van der Waals surface area (Å²) in [6, 6.07) is 7.83. The van der Waals surface area contributed by atoms with Crippen molar-refractivity contribution in [1.82, 2.24) is 50.2 Å². The predicted molar refractivity (Wildman–Crippen MR) is 333 cm³/mol. The highest BCUT2D eigenvalue weighted by Gasteiger charge is 2.42. The first-order valence-corrected chi connectivity index (χ1v) is 30.7. The maximum absolute atomic E-state index is 15.1. The van der Waals surface area contributed by atoms with Crippen LogP contribution < -0.4 is 16.0 Å². The lowest BCUT2D eigenvalue weighted by Gasteiger charge is -2.38. The highest BCUT2D eigenvalue weighted by Crippen LogP contribution is 2.22. The smallest absolute Gasteiger partial charge is 0.248 e. The molecule has 0 spiro atoms. The highest BCUT2D eigenvalue weighted by atomic mass is 32.2. The second-order valence-corrected chi connectivity index (χ2v) is 25.6. The Morgan fingerprint density at radius 3 is 1.59 bits per heavy atom. The number of hydrogen-bond donors (Lipinski definition) is 4. The first-order chi connectivity index (χ1) is 39.8. The number of aliphatic hydroxyl groups is 1. The van der Waals surface area contributed by atoms with Crippen molar-refractivity contribution in [3.05, 3.63) is 71.8 Å². The molecule has 9 atom stereocenters. The Labute approximate surface area is 512 Å². The molecule has 478 valence electrons. The van der Waals surface area contributed by atoms with Gasteiger partial charge in [-0.3, -0.25) is 47.9 Å². The molecule has 0 unspecified atom stereocenters. The molecule has 22 nitrogen and oxygen atoms in total. The van der Waals surface area contributed by atoms with E-state index < -0.39 is 120 Å². The van der Waals surface area contributed by atoms with Crippen LogP contribution in [-0.4, -0.2) is 239 Å². The van der Waals surface area contributed by atoms with E-state index in [0.717, 1.165) is 41.5 Å². The molecule has 10 amide bonds. The number of likely N-dealkylation sites (N-methyl/N-ethyl adjacent to an activating group) is 6. The molecule has 2 aromatic carbocycles. The van der Waals surface area contributed by atoms with E-state index >= 15 is 4.79 Å². The van der Waals surface area contributed by atoms with Gasteiger partial charge in [0.2, 0.25) is 59.1 Å². The summed E-state index contributed by atoms with van der Waals surface area (Å²) in [7, 11) is 8.53. The molecule has 0 aliphatic carbocycles. The number of piperidine rings is 1. The lowest BCUT2D eigenvalue weighted by molar-refractivity contribution is -0.153. The van der Waals surface area contributed by atoms with Crippen molar-refractivity contribution in [1.29, 1.82) is 0 Å². The van der Waals surface area contributed by atoms with Gasteiger partial charge in [0.25, 0.3) is 0 Å². The molecule has 4 N–H and O–H groups in total. The number of nitrogens with zero attached hydrogens (tertiary/aromatic N) is 7. The molecule has 2 saturated heterocycles. The second kappa shape index (κ2) is 32.8. The van der Waals surface area contributed by atoms with Gasteiger partial charge in [0.1, 0.15) is 48.3 Å². The number of hydrogen-bond acceptors (Lipinski definition) is 13. The molecular weight excluding hydrogens is 1110 g/mol. The third-order valence-electron chi connectivity index (χ3n) is 15.6. The highest BCUT2D eigenvalue weighted by molar-refractivity contribution is 8.00. The molecule has 2 fully saturated rings. The number of aliphatic hydroxyl groups excluding tert-OH is 1. The van der Waals surface area contributed by atoms with E-state index in [1.54, 1.807) is 68.1 Å². The van der Waals surface area contributed by atoms with E-state index in [-0.39, 0.29) is 65.8 Å². The molecule has 2 aliphatic rings. The molecule has 4 rings (SSSR count). The zero-order valence-corrected chi connectivity index (χ0v) is 53.6. The minimum atomic E-state index is -1.62. The van der Waals surface area contributed by atoms with Gasteiger partial charge in [-0.25, -0.2) is 0 Å². The summed E-state index contributed by atoms with van der Waals surface area (Å²) < 4.78 is 6.08. The van der Waals surface area contributed by atoms with E-state index in [1.165, 1.54) is 80.6 Å². The number of ether oxygens (including phenoxy) is 1. The predicted octanol–water partition coefficient (Wildman–Crippen LogP) is 3.32. The van der Waals surface area contributed by atoms with Gasteiger partial charge < -0.3 is 60.1 Å². The van der Waals surface area contributed by atoms with Gasteiger partial charge >= 0.3 is 0 Å². The van der Waals surface area contributed by atoms with Crippen molar-refractivity contribution in [2.75, 3.05) is 80.0 Å². The lowest BCUT2D eigenvalue weighted by atomic mass is 9.98. The number of amides is 10. The largest absolute Gasteiger partial charge is 0.391 e. The van der Waals surface area contributed by atoms with Crippen LogP contribution in [0, 0.1) is 11.8 Å². The maximum atomic E-state index is 15.1. The van der Waals surface area contributed by atoms with Crippen molar-refractivity contribution >= 4 is 70.8 Å². The fourth-order valence-corrected chi connectivity index (χ4v) is 11.2. The van der Waals surface area contributed by atoms with Crippen molar-refractivity contribution in [2.24, 2.45) is 11.8 Å². The molecular formula is C62H102N10O12S. The van der Waals surface area contributed by atoms with E-state index in [4.69, 9.17) is 4.74 Å². The van der Waals surface area contributed by atoms with Gasteiger partial charge in [-0.1, -0.05) is 88.4 Å². The first-order valence-electron chi connectivity index (χ1n) is 29.6. The van der Waals surface area contributed by atoms with Gasteiger partial charge in [0.05, 0.1) is 30.6 Å². The normalized spacial score (nSPS) is 25.1. The van der Waals surface area contributed by atoms with Gasteiger partial charge in [0.15, 0.2) is 0 Å². The van der Waals surface area contributed by atoms with Crippen LogP contribution in [0.15, 0.2) is 60.7 Å². The zero-order valence-electron chi connectivity index (χ0n) is 52.8. The average Bonchev–Trinajstić information content (AvgIpc) is 1.84. The first kappa shape index (κ1) is 70.9. The molecule has 0 saturated carbocycles. The Bertz CT molecular complexity index is 2620. The van der Waals surface area contributed by atoms with E-state index in [1.807, 2.05) is 45.9 Å². The average molecular weight is 1210 g/mol. The Balaban J connectivity index is 0.0000129. The van der Waals surface area contributed by atoms with Crippen LogP contribution in [0.3, 0.4) is 0 Å². The molecule has 0 bridgehead atoms. The van der Waals surface area contributed by atoms with Gasteiger partial charge in [0, 0.05) is 78.2 Å². The minimum absolute atomic E-state index is 0. The summed E-state index contributed by atoms with van der Waals surface area (Å²) >= 11 is 1.08. The van der Waals surface area contributed by atoms with Gasteiger partial charge in [-0.15, -0.1) is 11.8 Å². The monoisotopic (exact) mass is 1210 g/mol. The van der Waals surface area contributed by atoms with Crippen molar-refractivity contribution in [2.45, 2.75) is 167 Å². The number of rotatable bonds is 12. The van der Waals surface area contributed by atoms with Crippen LogP contribution >= 0.6 is 11.8 Å². The number of carbonyl (C=O) groups excluding carboxylic acids is 10. The summed E-state index contributed by atoms with van der Waals surface area (Å²) in [4.78, 5) is 155. The van der Waals surface area contributed by atoms with Crippen molar-refractivity contribution in [3.63, 3.8) is 0 Å². The summed E-state index contributed by atoms with van der Waals surface area (Å²) in [6.07, 6.45) is 1.18. The standard InChI is InChI=1S/C62H96N10O12S.3H2/c1-39(2)31-47-55(77)63-45(36-84-62(7,8)9)54(76)64-46(58(80)72-29-23-18-24-30-72)37-85-38-52(75)69(13)49(33-43-25-19-16-20-26-43)59(81)67(11)41(5)57(79)71(15)50(34-44-27-21-17-22-28-44)60(82)70(14)48(32-40(3)4)56(78)65-53(42(6)73)61(83)66(10)35-51(74)68(47)12;;;/h16-17,19-22,25-28,39-42,45-50,53,73H,18,23-24,29-38H2,1-15H3,(H,63,77)(H,64,76)(H,65,78);3*1H/t41-,42+,45-,46-,47-,48-,49-,50-,53-;;;/m0.../s1. The number of carbonyl (C=O) groups is 10. The minimum Gasteiger partial charge on any atom is -0.391 e. The Kier molecular flexibility index (Phi) is 27.3. The van der Waals surface area contributed by atoms with E-state index in [9.17, 15) is 48.3 Å². The number of thioether (sulfide) groups is 1. The van der Waals surface area contributed by atoms with Gasteiger partial charge in [-0.05, 0) is 89.7 Å². The number of benzene rings is 2. The number of likely N-dealkylation sites (tertiary alicyclic amines) is 1. The third-order valence-corrected chi connectivity index (χ3v) is 16.7. The molecule has 2 aliphatic heterocycles. The van der Waals surface area contributed by atoms with Crippen molar-refractivity contribution < 1.29 is 62.1 Å². The summed E-state index contributed by atoms with van der Waals surface area (Å²) in [5.74, 6) is -7.18. The zero-order chi connectivity index (χ0) is 63.6. The molecule has 2 heterocycles. The van der Waals surface area contributed by atoms with Crippen LogP contribution in [0.2, 0.25) is 0 Å². The fourth-order valence-electron chi connectivity index (χ4n) is 10.2. The summed E-state index contributed by atoms with van der Waals surface area (Å²) in [6.45, 7) is 15.5. The van der Waals surface area contributed by atoms with Crippen molar-refractivity contribution in [3.8, 4) is 0 Å². The van der Waals surface area contributed by atoms with E-state index in [2.05, 4.69) is 16.0 Å². The fraction of sp³-hybridized carbons (Fsp3) is 0.645. The molecule has 0 radical (unpaired) electrons. The Morgan fingerprint density at radius 2 is 1.08 bits per heavy atom. The Hall–Kier alpha value is -6.59. The summed E-state index contributed by atoms with van der Waals surface area (Å²) in [5.41, 5.74) is 0.623.